The van der Waals surface area contributed by atoms with Crippen molar-refractivity contribution in [2.45, 2.75) is 96.4 Å². The summed E-state index contributed by atoms with van der Waals surface area (Å²) in [4.78, 5) is 56.1. The van der Waals surface area contributed by atoms with Gasteiger partial charge < -0.3 is 39.8 Å². The van der Waals surface area contributed by atoms with Crippen LogP contribution in [0.3, 0.4) is 0 Å². The Kier molecular flexibility index (Phi) is 37.1. The predicted molar refractivity (Wildman–Crippen MR) is 281 cm³/mol. The Balaban J connectivity index is 0.000000841. The third-order valence-corrected chi connectivity index (χ3v) is 12.2. The molecule has 6 N–H and O–H groups in total. The van der Waals surface area contributed by atoms with Gasteiger partial charge in [0.15, 0.2) is 0 Å². The zero-order valence-corrected chi connectivity index (χ0v) is 44.0. The van der Waals surface area contributed by atoms with E-state index in [0.717, 1.165) is 49.8 Å². The normalized spacial score (nSPS) is 12.2. The lowest BCUT2D eigenvalue weighted by molar-refractivity contribution is -0.191. The Labute approximate surface area is 416 Å². The van der Waals surface area contributed by atoms with E-state index in [-0.39, 0.29) is 52.9 Å². The molecule has 5 aromatic rings. The predicted octanol–water partition coefficient (Wildman–Crippen LogP) is 9.37. The van der Waals surface area contributed by atoms with Crippen molar-refractivity contribution < 1.29 is 57.1 Å². The fraction of sp³-hybridized carbons (Fsp3) is 0.314. The summed E-state index contributed by atoms with van der Waals surface area (Å²) in [5.41, 5.74) is 22.1. The van der Waals surface area contributed by atoms with Crippen molar-refractivity contribution in [1.29, 1.82) is 1.43 Å². The number of hydrogen-bond donors (Lipinski definition) is 4. The molecular weight excluding hydrogens is 956 g/mol. The van der Waals surface area contributed by atoms with E-state index in [1.165, 1.54) is 33.4 Å². The number of phenolic OH excluding ortho intramolecular Hbond substituents is 2. The average Bonchev–Trinajstić information content (AvgIpc) is 3.35. The zero-order valence-electron chi connectivity index (χ0n) is 41.0. The van der Waals surface area contributed by atoms with Crippen molar-refractivity contribution >= 4 is 67.3 Å². The fourth-order valence-electron chi connectivity index (χ4n) is 5.66. The first-order chi connectivity index (χ1) is 33.7. The van der Waals surface area contributed by atoms with Crippen molar-refractivity contribution in [1.82, 2.24) is 0 Å². The summed E-state index contributed by atoms with van der Waals surface area (Å²) in [6.07, 6.45) is 4.65. The molecule has 0 aromatic heterocycles. The number of benzene rings is 5. The number of aryl methyl sites for hydroxylation is 3. The SMILES string of the molecule is CC(Cc1ccc(O)cc1)POC=O.Cc1ccc(CC(C)POC=O)cc1.Cc1ccc(CC(N)POC=O)cc1.Cc1ccc(CCN)cc1.O=C=O.[3H]Oc1ccc(CC(C)POC=O)cc1. The van der Waals surface area contributed by atoms with Crippen molar-refractivity contribution in [3.05, 3.63) is 166 Å². The van der Waals surface area contributed by atoms with E-state index >= 15 is 0 Å². The van der Waals surface area contributed by atoms with Crippen molar-refractivity contribution in [3.63, 3.8) is 0 Å². The summed E-state index contributed by atoms with van der Waals surface area (Å²) in [6, 6.07) is 39.5. The number of carbonyl (C=O) groups excluding carboxylic acids is 6. The number of aromatic hydroxyl groups is 2. The van der Waals surface area contributed by atoms with Crippen molar-refractivity contribution in [3.8, 4) is 11.5 Å². The van der Waals surface area contributed by atoms with Gasteiger partial charge in [0.05, 0.1) is 41.0 Å². The van der Waals surface area contributed by atoms with Gasteiger partial charge in [-0.15, -0.1) is 0 Å². The van der Waals surface area contributed by atoms with Gasteiger partial charge in [-0.2, -0.15) is 9.59 Å². The first-order valence-corrected chi connectivity index (χ1v) is 25.6. The van der Waals surface area contributed by atoms with E-state index in [4.69, 9.17) is 36.6 Å². The fourth-order valence-corrected chi connectivity index (χ4v) is 8.03. The Morgan fingerprint density at radius 3 is 1.09 bits per heavy atom. The third kappa shape index (κ3) is 36.3. The van der Waals surface area contributed by atoms with E-state index < -0.39 is 0 Å². The highest BCUT2D eigenvalue weighted by molar-refractivity contribution is 7.34. The van der Waals surface area contributed by atoms with Crippen molar-refractivity contribution in [2.75, 3.05) is 6.54 Å². The molecule has 374 valence electrons. The van der Waals surface area contributed by atoms with Crippen molar-refractivity contribution in [2.24, 2.45) is 11.5 Å². The van der Waals surface area contributed by atoms with Crippen LogP contribution < -0.4 is 11.5 Å². The first-order valence-electron chi connectivity index (χ1n) is 22.1. The van der Waals surface area contributed by atoms with Crippen LogP contribution in [-0.2, 0) is 79.0 Å². The smallest absolute Gasteiger partial charge is 0.373 e. The number of carbonyl (C=O) groups is 4. The minimum atomic E-state index is -0.0945. The van der Waals surface area contributed by atoms with E-state index in [1.54, 1.807) is 24.3 Å². The van der Waals surface area contributed by atoms with E-state index in [9.17, 15) is 19.2 Å². The third-order valence-electron chi connectivity index (χ3n) is 8.96. The van der Waals surface area contributed by atoms with Gasteiger partial charge in [0, 0.05) is 17.0 Å². The number of hydrogen-bond acceptors (Lipinski definition) is 14. The Bertz CT molecular complexity index is 1990. The molecule has 0 spiro atoms. The van der Waals surface area contributed by atoms with E-state index in [0.29, 0.717) is 48.6 Å². The molecule has 8 atom stereocenters. The van der Waals surface area contributed by atoms with Crippen LogP contribution in [0.5, 0.6) is 11.5 Å². The topological polar surface area (TPSA) is 232 Å². The molecule has 0 amide bonds. The summed E-state index contributed by atoms with van der Waals surface area (Å²) < 4.78 is 25.4. The number of nitrogens with two attached hydrogens (primary N) is 2. The minimum Gasteiger partial charge on any atom is -0.508 e. The van der Waals surface area contributed by atoms with Crippen LogP contribution >= 0.6 is 35.2 Å². The van der Waals surface area contributed by atoms with Gasteiger partial charge in [-0.25, -0.2) is 0 Å². The van der Waals surface area contributed by atoms with Crippen LogP contribution in [0.15, 0.2) is 121 Å². The highest BCUT2D eigenvalue weighted by Gasteiger charge is 2.07. The quantitative estimate of drug-likeness (QED) is 0.0271. The molecule has 69 heavy (non-hydrogen) atoms. The minimum absolute atomic E-state index is 0.0385. The first kappa shape index (κ1) is 61.6. The Hall–Kier alpha value is -5.40. The zero-order chi connectivity index (χ0) is 52.4. The van der Waals surface area contributed by atoms with Crippen LogP contribution in [0.1, 0.15) is 65.3 Å². The standard InChI is InChI=1S/C11H15O2P.C10H14NO2P.2C10H13O3P.C9H13N.CO2/c1-9-3-5-11(6-4-9)7-10(2)14-13-8-12;1-8-2-4-9(5-3-8)6-10(11)14-13-7-12;2*1-8(14-13-7-11)6-9-2-4-10(12)5-3-9;1-8-2-4-9(5-3-8)6-7-10;2-1-3/h3-6,8,10,14H,7H2,1-2H3;2-5,7,10,14H,6,11H2,1H3;2*2-5,7-8,12,14H,6H2,1H3;2-5H,6-7,10H2,1H3;/i/hT. The molecule has 8 unspecified atom stereocenters. The molecule has 14 nitrogen and oxygen atoms in total. The molecule has 0 bridgehead atoms. The lowest BCUT2D eigenvalue weighted by atomic mass is 10.1. The maximum atomic E-state index is 9.99. The average molecular weight is 1030 g/mol. The van der Waals surface area contributed by atoms with Gasteiger partial charge in [-0.05, 0) is 112 Å². The molecular formula is C51H68N2O12P4. The second-order valence-electron chi connectivity index (χ2n) is 15.3. The van der Waals surface area contributed by atoms with Gasteiger partial charge in [-0.1, -0.05) is 135 Å². The van der Waals surface area contributed by atoms with Crippen LogP contribution in [0.25, 0.3) is 0 Å². The maximum Gasteiger partial charge on any atom is 0.373 e. The summed E-state index contributed by atoms with van der Waals surface area (Å²) in [5.74, 6) is 0.703. The van der Waals surface area contributed by atoms with E-state index in [1.807, 2.05) is 69.3 Å². The monoisotopic (exact) mass is 1030 g/mol. The molecule has 0 saturated carbocycles. The maximum absolute atomic E-state index is 9.99. The molecule has 0 radical (unpaired) electrons. The van der Waals surface area contributed by atoms with Gasteiger partial charge in [0.1, 0.15) is 11.5 Å². The molecule has 0 aliphatic rings. The van der Waals surface area contributed by atoms with Gasteiger partial charge >= 0.3 is 6.15 Å². The largest absolute Gasteiger partial charge is 0.508 e. The van der Waals surface area contributed by atoms with Crippen LogP contribution in [-0.4, -0.2) is 73.0 Å². The molecule has 5 aromatic carbocycles. The number of phenols is 2. The van der Waals surface area contributed by atoms with Gasteiger partial charge in [0.2, 0.25) is 0 Å². The summed E-state index contributed by atoms with van der Waals surface area (Å²) in [6.45, 7) is 15.0. The summed E-state index contributed by atoms with van der Waals surface area (Å²) >= 11 is 0. The van der Waals surface area contributed by atoms with Gasteiger partial charge in [-0.3, -0.25) is 19.2 Å². The molecule has 0 aliphatic heterocycles. The highest BCUT2D eigenvalue weighted by Crippen LogP contribution is 2.25. The Morgan fingerprint density at radius 2 is 0.783 bits per heavy atom. The van der Waals surface area contributed by atoms with Crippen LogP contribution in [0.4, 0.5) is 0 Å². The summed E-state index contributed by atoms with van der Waals surface area (Å²) in [5, 5.41) is 13.4. The highest BCUT2D eigenvalue weighted by atomic mass is 31.1. The van der Waals surface area contributed by atoms with Crippen LogP contribution in [0.2, 0.25) is 0 Å². The summed E-state index contributed by atoms with van der Waals surface area (Å²) in [7, 11) is 0.690. The lowest BCUT2D eigenvalue weighted by Gasteiger charge is -2.09. The molecule has 0 aliphatic carbocycles. The molecule has 0 heterocycles. The van der Waals surface area contributed by atoms with Gasteiger partial charge in [0.25, 0.3) is 27.3 Å². The second-order valence-corrected chi connectivity index (χ2v) is 20.9. The molecule has 5 rings (SSSR count). The molecule has 0 fully saturated rings. The molecule has 18 heteroatoms. The second kappa shape index (κ2) is 41.6. The van der Waals surface area contributed by atoms with Crippen LogP contribution in [0, 0.1) is 20.8 Å². The van der Waals surface area contributed by atoms with E-state index in [2.05, 4.69) is 83.5 Å². The lowest BCUT2D eigenvalue weighted by Crippen LogP contribution is -2.17. The molecule has 0 saturated heterocycles. The number of rotatable bonds is 23. The Morgan fingerprint density at radius 1 is 0.507 bits per heavy atom.